The number of benzene rings is 3. The maximum absolute atomic E-state index is 14.0. The molecule has 0 bridgehead atoms. The minimum atomic E-state index is -0.778. The zero-order chi connectivity index (χ0) is 29.4. The molecule has 9 nitrogen and oxygen atoms in total. The van der Waals surface area contributed by atoms with Gasteiger partial charge in [-0.1, -0.05) is 42.0 Å². The number of amides is 2. The number of hydrogen-bond donors (Lipinski definition) is 1. The molecule has 7 rings (SSSR count). The Bertz CT molecular complexity index is 1890. The second-order valence-electron chi connectivity index (χ2n) is 10.9. The van der Waals surface area contributed by atoms with Crippen molar-refractivity contribution in [2.24, 2.45) is 17.8 Å². The number of allylic oxidation sites excluding steroid dienone is 6. The molecule has 42 heavy (non-hydrogen) atoms. The average Bonchev–Trinajstić information content (AvgIpc) is 3.25. The standard InChI is InChI=1S/C32H21BrN2O7/c33-24-14-26(37)29-23(30(24)38)13-22-20(27(29)19-11-12-25(36)18-4-2-1-3-17(18)19)9-10-21-28(22)32(40)34(31(21)39)15-5-7-16(8-6-15)35(41)42/h1-9,11-12,14,21-22,27-28,36H,10,13H2. The van der Waals surface area contributed by atoms with Crippen molar-refractivity contribution in [3.8, 4) is 5.75 Å². The van der Waals surface area contributed by atoms with Crippen LogP contribution in [0.2, 0.25) is 0 Å². The second kappa shape index (κ2) is 9.42. The number of nitro groups is 1. The first-order chi connectivity index (χ1) is 20.2. The van der Waals surface area contributed by atoms with E-state index in [-0.39, 0.29) is 46.0 Å². The van der Waals surface area contributed by atoms with Gasteiger partial charge < -0.3 is 5.11 Å². The van der Waals surface area contributed by atoms with Gasteiger partial charge in [0.15, 0.2) is 11.6 Å². The SMILES string of the molecule is O=C1C=C(Br)C(=O)C2=C1C(c1ccc(O)c3ccccc13)C1=CCC3C(=O)N(c4ccc([N+](=O)[O-])cc4)C(=O)C3C1C2. The number of rotatable bonds is 3. The lowest BCUT2D eigenvalue weighted by Crippen LogP contribution is -2.39. The highest BCUT2D eigenvalue weighted by molar-refractivity contribution is 9.12. The van der Waals surface area contributed by atoms with Crippen LogP contribution < -0.4 is 4.90 Å². The van der Waals surface area contributed by atoms with Gasteiger partial charge in [-0.15, -0.1) is 0 Å². The third-order valence-electron chi connectivity index (χ3n) is 8.90. The number of aromatic hydroxyl groups is 1. The molecule has 1 heterocycles. The van der Waals surface area contributed by atoms with Crippen LogP contribution in [0.4, 0.5) is 11.4 Å². The molecule has 10 heteroatoms. The van der Waals surface area contributed by atoms with Crippen molar-refractivity contribution in [3.05, 3.63) is 110 Å². The number of phenolic OH excluding ortho intramolecular Hbond substituents is 1. The van der Waals surface area contributed by atoms with E-state index in [0.29, 0.717) is 21.9 Å². The Labute approximate surface area is 247 Å². The van der Waals surface area contributed by atoms with E-state index in [0.717, 1.165) is 16.0 Å². The monoisotopic (exact) mass is 624 g/mol. The number of phenols is 1. The topological polar surface area (TPSA) is 135 Å². The van der Waals surface area contributed by atoms with Crippen LogP contribution in [0.5, 0.6) is 5.75 Å². The normalized spacial score (nSPS) is 25.2. The van der Waals surface area contributed by atoms with Gasteiger partial charge >= 0.3 is 0 Å². The molecule has 1 fully saturated rings. The number of anilines is 1. The average molecular weight is 625 g/mol. The number of carbonyl (C=O) groups is 4. The summed E-state index contributed by atoms with van der Waals surface area (Å²) in [4.78, 5) is 66.3. The minimum Gasteiger partial charge on any atom is -0.507 e. The lowest BCUT2D eigenvalue weighted by Gasteiger charge is -2.42. The number of halogens is 1. The number of fused-ring (bicyclic) bond motifs is 4. The predicted molar refractivity (Wildman–Crippen MR) is 156 cm³/mol. The largest absolute Gasteiger partial charge is 0.507 e. The Morgan fingerprint density at radius 2 is 1.62 bits per heavy atom. The van der Waals surface area contributed by atoms with E-state index in [9.17, 15) is 34.4 Å². The third-order valence-corrected chi connectivity index (χ3v) is 9.48. The smallest absolute Gasteiger partial charge is 0.269 e. The van der Waals surface area contributed by atoms with E-state index in [1.165, 1.54) is 30.3 Å². The van der Waals surface area contributed by atoms with Crippen LogP contribution in [0.15, 0.2) is 94.0 Å². The molecule has 1 N–H and O–H groups in total. The van der Waals surface area contributed by atoms with Crippen molar-refractivity contribution < 1.29 is 29.2 Å². The summed E-state index contributed by atoms with van der Waals surface area (Å²) in [7, 11) is 0. The Morgan fingerprint density at radius 3 is 2.33 bits per heavy atom. The molecule has 0 spiro atoms. The Balaban J connectivity index is 1.38. The van der Waals surface area contributed by atoms with Gasteiger partial charge in [0.2, 0.25) is 11.8 Å². The molecule has 3 aromatic rings. The number of non-ortho nitro benzene ring substituents is 1. The highest BCUT2D eigenvalue weighted by Crippen LogP contribution is 2.56. The van der Waals surface area contributed by atoms with Crippen LogP contribution >= 0.6 is 15.9 Å². The summed E-state index contributed by atoms with van der Waals surface area (Å²) in [5.74, 6) is -4.02. The molecule has 4 atom stereocenters. The first-order valence-corrected chi connectivity index (χ1v) is 14.2. The molecule has 4 unspecified atom stereocenters. The fraction of sp³-hybridized carbons (Fsp3) is 0.188. The maximum atomic E-state index is 14.0. The fourth-order valence-corrected chi connectivity index (χ4v) is 7.55. The van der Waals surface area contributed by atoms with E-state index in [1.54, 1.807) is 24.3 Å². The number of nitrogens with zero attached hydrogens (tertiary/aromatic N) is 2. The van der Waals surface area contributed by atoms with Crippen molar-refractivity contribution in [3.63, 3.8) is 0 Å². The second-order valence-corrected chi connectivity index (χ2v) is 11.8. The van der Waals surface area contributed by atoms with Gasteiger partial charge in [-0.05, 0) is 63.8 Å². The van der Waals surface area contributed by atoms with Crippen molar-refractivity contribution in [1.29, 1.82) is 0 Å². The summed E-state index contributed by atoms with van der Waals surface area (Å²) in [6.45, 7) is 0. The number of hydrogen-bond acceptors (Lipinski definition) is 7. The third kappa shape index (κ3) is 3.68. The molecule has 2 amide bonds. The Hall–Kier alpha value is -4.70. The van der Waals surface area contributed by atoms with Crippen molar-refractivity contribution in [2.45, 2.75) is 18.8 Å². The molecule has 0 radical (unpaired) electrons. The zero-order valence-corrected chi connectivity index (χ0v) is 23.4. The first kappa shape index (κ1) is 26.2. The lowest BCUT2D eigenvalue weighted by atomic mass is 9.59. The fourth-order valence-electron chi connectivity index (χ4n) is 7.10. The van der Waals surface area contributed by atoms with Crippen molar-refractivity contribution >= 4 is 61.5 Å². The summed E-state index contributed by atoms with van der Waals surface area (Å²) in [6, 6.07) is 15.8. The molecule has 1 saturated heterocycles. The molecular formula is C32H21BrN2O7. The Morgan fingerprint density at radius 1 is 0.905 bits per heavy atom. The van der Waals surface area contributed by atoms with Crippen LogP contribution in [-0.2, 0) is 19.2 Å². The van der Waals surface area contributed by atoms with E-state index < -0.39 is 40.4 Å². The van der Waals surface area contributed by atoms with Crippen LogP contribution in [0, 0.1) is 27.9 Å². The van der Waals surface area contributed by atoms with Gasteiger partial charge in [-0.25, -0.2) is 0 Å². The molecule has 0 saturated carbocycles. The highest BCUT2D eigenvalue weighted by atomic mass is 79.9. The van der Waals surface area contributed by atoms with E-state index in [1.807, 2.05) is 18.2 Å². The van der Waals surface area contributed by atoms with E-state index >= 15 is 0 Å². The number of ketones is 2. The molecular weight excluding hydrogens is 604 g/mol. The predicted octanol–water partition coefficient (Wildman–Crippen LogP) is 5.42. The van der Waals surface area contributed by atoms with Gasteiger partial charge in [-0.2, -0.15) is 0 Å². The van der Waals surface area contributed by atoms with Gasteiger partial charge in [-0.3, -0.25) is 34.2 Å². The van der Waals surface area contributed by atoms with Gasteiger partial charge in [0.25, 0.3) is 5.69 Å². The zero-order valence-electron chi connectivity index (χ0n) is 21.8. The van der Waals surface area contributed by atoms with E-state index in [2.05, 4.69) is 15.9 Å². The van der Waals surface area contributed by atoms with Crippen LogP contribution in [0.25, 0.3) is 10.8 Å². The molecule has 3 aromatic carbocycles. The highest BCUT2D eigenvalue weighted by Gasteiger charge is 2.56. The summed E-state index contributed by atoms with van der Waals surface area (Å²) in [5.41, 5.74) is 2.27. The first-order valence-electron chi connectivity index (χ1n) is 13.4. The van der Waals surface area contributed by atoms with Gasteiger partial charge in [0.05, 0.1) is 26.9 Å². The molecule has 3 aliphatic carbocycles. The summed E-state index contributed by atoms with van der Waals surface area (Å²) in [6.07, 6.45) is 3.60. The molecule has 208 valence electrons. The maximum Gasteiger partial charge on any atom is 0.269 e. The van der Waals surface area contributed by atoms with Crippen LogP contribution in [-0.4, -0.2) is 33.4 Å². The number of imide groups is 1. The van der Waals surface area contributed by atoms with Crippen LogP contribution in [0.3, 0.4) is 0 Å². The lowest BCUT2D eigenvalue weighted by molar-refractivity contribution is -0.384. The van der Waals surface area contributed by atoms with Crippen molar-refractivity contribution in [1.82, 2.24) is 0 Å². The van der Waals surface area contributed by atoms with Gasteiger partial charge in [0, 0.05) is 40.7 Å². The van der Waals surface area contributed by atoms with Crippen LogP contribution in [0.1, 0.15) is 24.3 Å². The quantitative estimate of drug-likeness (QED) is 0.135. The number of nitro benzene ring substituents is 1. The molecule has 0 aromatic heterocycles. The molecule has 4 aliphatic rings. The molecule has 1 aliphatic heterocycles. The van der Waals surface area contributed by atoms with Gasteiger partial charge in [0.1, 0.15) is 5.75 Å². The summed E-state index contributed by atoms with van der Waals surface area (Å²) in [5, 5.41) is 23.0. The Kier molecular flexibility index (Phi) is 5.88. The minimum absolute atomic E-state index is 0.0811. The summed E-state index contributed by atoms with van der Waals surface area (Å²) >= 11 is 3.24. The van der Waals surface area contributed by atoms with Crippen molar-refractivity contribution in [2.75, 3.05) is 4.90 Å². The van der Waals surface area contributed by atoms with E-state index in [4.69, 9.17) is 0 Å². The summed E-state index contributed by atoms with van der Waals surface area (Å²) < 4.78 is 0.140. The number of Topliss-reactive ketones (excluding diaryl/α,β-unsaturated/α-hetero) is 1. The number of carbonyl (C=O) groups excluding carboxylic acids is 4.